The quantitative estimate of drug-likeness (QED) is 0.800. The molecule has 0 spiro atoms. The van der Waals surface area contributed by atoms with Crippen molar-refractivity contribution >= 4 is 10.2 Å². The Bertz CT molecular complexity index is 464. The summed E-state index contributed by atoms with van der Waals surface area (Å²) in [7, 11) is -3.46. The maximum atomic E-state index is 11.9. The summed E-state index contributed by atoms with van der Waals surface area (Å²) in [5.74, 6) is 0.529. The third kappa shape index (κ3) is 3.03. The molecule has 1 aromatic rings. The van der Waals surface area contributed by atoms with Gasteiger partial charge < -0.3 is 9.15 Å². The van der Waals surface area contributed by atoms with Crippen molar-refractivity contribution in [3.63, 3.8) is 0 Å². The summed E-state index contributed by atoms with van der Waals surface area (Å²) in [6, 6.07) is 0. The largest absolute Gasteiger partial charge is 0.447 e. The molecule has 0 aromatic carbocycles. The summed E-state index contributed by atoms with van der Waals surface area (Å²) in [5, 5.41) is 0. The molecule has 7 nitrogen and oxygen atoms in total. The van der Waals surface area contributed by atoms with Gasteiger partial charge in [0.25, 0.3) is 10.2 Å². The first-order valence-electron chi connectivity index (χ1n) is 5.31. The smallest absolute Gasteiger partial charge is 0.280 e. The van der Waals surface area contributed by atoms with Crippen LogP contribution in [0, 0.1) is 6.92 Å². The van der Waals surface area contributed by atoms with E-state index in [1.165, 1.54) is 10.7 Å². The van der Waals surface area contributed by atoms with Gasteiger partial charge in [-0.15, -0.1) is 0 Å². The predicted octanol–water partition coefficient (Wildman–Crippen LogP) is -0.350. The summed E-state index contributed by atoms with van der Waals surface area (Å²) < 4.78 is 37.8. The number of hydrogen-bond donors (Lipinski definition) is 1. The second kappa shape index (κ2) is 5.13. The number of nitrogens with zero attached hydrogens (tertiary/aromatic N) is 2. The highest BCUT2D eigenvalue weighted by Crippen LogP contribution is 2.07. The molecule has 2 heterocycles. The van der Waals surface area contributed by atoms with E-state index in [2.05, 4.69) is 9.71 Å². The molecule has 0 atom stereocenters. The zero-order valence-corrected chi connectivity index (χ0v) is 10.4. The number of nitrogens with one attached hydrogen (secondary N) is 1. The minimum Gasteiger partial charge on any atom is -0.447 e. The molecule has 0 bridgehead atoms. The minimum absolute atomic E-state index is 0.117. The third-order valence-corrected chi connectivity index (χ3v) is 4.12. The summed E-state index contributed by atoms with van der Waals surface area (Å²) in [6.45, 7) is 3.51. The highest BCUT2D eigenvalue weighted by Gasteiger charge is 2.24. The van der Waals surface area contributed by atoms with Gasteiger partial charge in [-0.25, -0.2) is 4.98 Å². The van der Waals surface area contributed by atoms with Crippen LogP contribution in [0.25, 0.3) is 0 Å². The molecule has 0 radical (unpaired) electrons. The predicted molar refractivity (Wildman–Crippen MR) is 59.4 cm³/mol. The topological polar surface area (TPSA) is 84.7 Å². The molecule has 0 unspecified atom stereocenters. The SMILES string of the molecule is Cc1ncoc1CNS(=O)(=O)N1CCOCC1. The zero-order chi connectivity index (χ0) is 12.3. The number of rotatable bonds is 4. The van der Waals surface area contributed by atoms with Crippen molar-refractivity contribution in [1.82, 2.24) is 14.0 Å². The van der Waals surface area contributed by atoms with Crippen molar-refractivity contribution in [2.45, 2.75) is 13.5 Å². The van der Waals surface area contributed by atoms with Gasteiger partial charge in [-0.05, 0) is 6.92 Å². The van der Waals surface area contributed by atoms with Gasteiger partial charge in [-0.2, -0.15) is 17.4 Å². The third-order valence-electron chi connectivity index (χ3n) is 2.57. The molecular formula is C9H15N3O4S. The Morgan fingerprint density at radius 2 is 2.18 bits per heavy atom. The van der Waals surface area contributed by atoms with Crippen molar-refractivity contribution < 1.29 is 17.6 Å². The van der Waals surface area contributed by atoms with E-state index in [4.69, 9.17) is 9.15 Å². The molecule has 1 aromatic heterocycles. The molecule has 1 N–H and O–H groups in total. The lowest BCUT2D eigenvalue weighted by molar-refractivity contribution is 0.0724. The van der Waals surface area contributed by atoms with Crippen molar-refractivity contribution in [2.24, 2.45) is 0 Å². The van der Waals surface area contributed by atoms with E-state index < -0.39 is 10.2 Å². The Kier molecular flexibility index (Phi) is 3.77. The van der Waals surface area contributed by atoms with E-state index in [1.54, 1.807) is 6.92 Å². The molecule has 1 saturated heterocycles. The Morgan fingerprint density at radius 1 is 1.47 bits per heavy atom. The van der Waals surface area contributed by atoms with Crippen LogP contribution in [-0.2, 0) is 21.5 Å². The van der Waals surface area contributed by atoms with Gasteiger partial charge in [0.05, 0.1) is 25.5 Å². The van der Waals surface area contributed by atoms with Gasteiger partial charge in [-0.1, -0.05) is 0 Å². The number of hydrogen-bond acceptors (Lipinski definition) is 5. The zero-order valence-electron chi connectivity index (χ0n) is 9.55. The molecule has 1 aliphatic heterocycles. The van der Waals surface area contributed by atoms with Crippen LogP contribution in [0.15, 0.2) is 10.8 Å². The van der Waals surface area contributed by atoms with Crippen LogP contribution in [0.3, 0.4) is 0 Å². The summed E-state index contributed by atoms with van der Waals surface area (Å²) in [5.41, 5.74) is 0.690. The molecule has 0 amide bonds. The van der Waals surface area contributed by atoms with Crippen LogP contribution in [0.1, 0.15) is 11.5 Å². The standard InChI is InChI=1S/C9H15N3O4S/c1-8-9(16-7-10-8)6-11-17(13,14)12-2-4-15-5-3-12/h7,11H,2-6H2,1H3. The fourth-order valence-electron chi connectivity index (χ4n) is 1.53. The summed E-state index contributed by atoms with van der Waals surface area (Å²) >= 11 is 0. The number of aryl methyl sites for hydroxylation is 1. The van der Waals surface area contributed by atoms with Crippen LogP contribution < -0.4 is 4.72 Å². The average Bonchev–Trinajstić information content (AvgIpc) is 2.74. The first-order chi connectivity index (χ1) is 8.09. The lowest BCUT2D eigenvalue weighted by Gasteiger charge is -2.25. The number of aromatic nitrogens is 1. The molecular weight excluding hydrogens is 246 g/mol. The molecule has 0 saturated carbocycles. The van der Waals surface area contributed by atoms with Crippen molar-refractivity contribution in [3.8, 4) is 0 Å². The lowest BCUT2D eigenvalue weighted by atomic mass is 10.4. The highest BCUT2D eigenvalue weighted by molar-refractivity contribution is 7.87. The van der Waals surface area contributed by atoms with Gasteiger partial charge in [0.1, 0.15) is 5.76 Å². The first kappa shape index (κ1) is 12.5. The highest BCUT2D eigenvalue weighted by atomic mass is 32.2. The number of oxazole rings is 1. The summed E-state index contributed by atoms with van der Waals surface area (Å²) in [6.07, 6.45) is 1.30. The Hall–Kier alpha value is -0.960. The van der Waals surface area contributed by atoms with E-state index >= 15 is 0 Å². The first-order valence-corrected chi connectivity index (χ1v) is 6.75. The lowest BCUT2D eigenvalue weighted by Crippen LogP contribution is -2.46. The molecule has 8 heteroatoms. The number of ether oxygens (including phenoxy) is 1. The van der Waals surface area contributed by atoms with Crippen LogP contribution in [-0.4, -0.2) is 44.0 Å². The molecule has 1 fully saturated rings. The van der Waals surface area contributed by atoms with Crippen LogP contribution in [0.4, 0.5) is 0 Å². The van der Waals surface area contributed by atoms with Gasteiger partial charge in [0, 0.05) is 13.1 Å². The molecule has 0 aliphatic carbocycles. The van der Waals surface area contributed by atoms with Gasteiger partial charge in [-0.3, -0.25) is 0 Å². The molecule has 17 heavy (non-hydrogen) atoms. The van der Waals surface area contributed by atoms with Crippen LogP contribution >= 0.6 is 0 Å². The summed E-state index contributed by atoms with van der Waals surface area (Å²) in [4.78, 5) is 3.89. The van der Waals surface area contributed by atoms with E-state index in [0.29, 0.717) is 37.8 Å². The van der Waals surface area contributed by atoms with Gasteiger partial charge in [0.2, 0.25) is 0 Å². The second-order valence-electron chi connectivity index (χ2n) is 3.70. The maximum Gasteiger partial charge on any atom is 0.280 e. The van der Waals surface area contributed by atoms with E-state index in [1.807, 2.05) is 0 Å². The van der Waals surface area contributed by atoms with E-state index in [-0.39, 0.29) is 6.54 Å². The normalized spacial score (nSPS) is 18.4. The van der Waals surface area contributed by atoms with Crippen molar-refractivity contribution in [3.05, 3.63) is 17.8 Å². The van der Waals surface area contributed by atoms with Crippen molar-refractivity contribution in [2.75, 3.05) is 26.3 Å². The van der Waals surface area contributed by atoms with Crippen LogP contribution in [0.2, 0.25) is 0 Å². The Morgan fingerprint density at radius 3 is 2.76 bits per heavy atom. The van der Waals surface area contributed by atoms with Crippen molar-refractivity contribution in [1.29, 1.82) is 0 Å². The number of morpholine rings is 1. The molecule has 96 valence electrons. The minimum atomic E-state index is -3.46. The fraction of sp³-hybridized carbons (Fsp3) is 0.667. The van der Waals surface area contributed by atoms with Gasteiger partial charge >= 0.3 is 0 Å². The Balaban J connectivity index is 1.95. The van der Waals surface area contributed by atoms with Crippen LogP contribution in [0.5, 0.6) is 0 Å². The monoisotopic (exact) mass is 261 g/mol. The fourth-order valence-corrected chi connectivity index (χ4v) is 2.66. The Labute approximate surface area is 99.9 Å². The maximum absolute atomic E-state index is 11.9. The second-order valence-corrected chi connectivity index (χ2v) is 5.45. The van der Waals surface area contributed by atoms with E-state index in [0.717, 1.165) is 0 Å². The van der Waals surface area contributed by atoms with E-state index in [9.17, 15) is 8.42 Å². The molecule has 2 rings (SSSR count). The molecule has 1 aliphatic rings. The van der Waals surface area contributed by atoms with Gasteiger partial charge in [0.15, 0.2) is 6.39 Å². The average molecular weight is 261 g/mol.